The van der Waals surface area contributed by atoms with E-state index in [2.05, 4.69) is 20.3 Å². The summed E-state index contributed by atoms with van der Waals surface area (Å²) in [5, 5.41) is 4.95. The van der Waals surface area contributed by atoms with Crippen molar-refractivity contribution in [3.8, 4) is 0 Å². The Balaban J connectivity index is 0.00000833. The number of benzene rings is 3. The number of rotatable bonds is 16. The molecule has 2 atom stereocenters. The zero-order chi connectivity index (χ0) is 34.9. The third-order valence-electron chi connectivity index (χ3n) is 6.68. The number of alkyl carbamates (subject to hydrolysis) is 1. The van der Waals surface area contributed by atoms with Crippen LogP contribution in [0.3, 0.4) is 0 Å². The molecule has 0 aliphatic rings. The zero-order valence-electron chi connectivity index (χ0n) is 26.9. The van der Waals surface area contributed by atoms with E-state index < -0.39 is 41.9 Å². The lowest BCUT2D eigenvalue weighted by Crippen LogP contribution is -2.53. The van der Waals surface area contributed by atoms with Crippen LogP contribution in [0.5, 0.6) is 0 Å². The van der Waals surface area contributed by atoms with Gasteiger partial charge in [-0.25, -0.2) is 19.1 Å². The van der Waals surface area contributed by atoms with Crippen molar-refractivity contribution in [3.05, 3.63) is 101 Å². The topological polar surface area (TPSA) is 214 Å². The van der Waals surface area contributed by atoms with Crippen molar-refractivity contribution in [3.63, 3.8) is 0 Å². The van der Waals surface area contributed by atoms with Crippen molar-refractivity contribution < 1.29 is 38.2 Å². The van der Waals surface area contributed by atoms with Gasteiger partial charge in [0.25, 0.3) is 0 Å². The predicted octanol–water partition coefficient (Wildman–Crippen LogP) is 3.04. The largest absolute Gasteiger partial charge is 0.465 e. The molecule has 49 heavy (non-hydrogen) atoms. The Hall–Kier alpha value is -4.93. The summed E-state index contributed by atoms with van der Waals surface area (Å²) in [6.07, 6.45) is -0.227. The molecule has 0 unspecified atom stereocenters. The number of hydrogen-bond donors (Lipinski definition) is 5. The maximum atomic E-state index is 13.5. The lowest BCUT2D eigenvalue weighted by Gasteiger charge is -2.21. The van der Waals surface area contributed by atoms with Crippen LogP contribution >= 0.6 is 28.9 Å². The summed E-state index contributed by atoms with van der Waals surface area (Å²) >= 11 is 0.946. The van der Waals surface area contributed by atoms with Gasteiger partial charge in [-0.3, -0.25) is 19.9 Å². The fourth-order valence-electron chi connectivity index (χ4n) is 4.28. The number of carbonyl (C=O) groups is 5. The van der Waals surface area contributed by atoms with E-state index in [4.69, 9.17) is 25.7 Å². The molecule has 16 heteroatoms. The molecule has 0 aliphatic carbocycles. The van der Waals surface area contributed by atoms with Gasteiger partial charge in [-0.05, 0) is 54.1 Å². The number of halogens is 1. The van der Waals surface area contributed by atoms with Gasteiger partial charge >= 0.3 is 18.0 Å². The summed E-state index contributed by atoms with van der Waals surface area (Å²) in [5.41, 5.74) is 12.5. The van der Waals surface area contributed by atoms with Crippen LogP contribution in [0, 0.1) is 0 Å². The minimum atomic E-state index is -1.16. The molecular weight excluding hydrogens is 720 g/mol. The molecule has 0 saturated heterocycles. The zero-order valence-corrected chi connectivity index (χ0v) is 29.4. The molecule has 14 nitrogen and oxygen atoms in total. The number of ether oxygens (including phenoxy) is 3. The third kappa shape index (κ3) is 14.0. The Kier molecular flexibility index (Phi) is 17.4. The van der Waals surface area contributed by atoms with Crippen molar-refractivity contribution in [2.75, 3.05) is 20.8 Å². The molecule has 0 aromatic heterocycles. The van der Waals surface area contributed by atoms with E-state index in [1.165, 1.54) is 32.4 Å². The first-order valence-corrected chi connectivity index (χ1v) is 15.6. The highest BCUT2D eigenvalue weighted by Gasteiger charge is 2.27. The van der Waals surface area contributed by atoms with Crippen molar-refractivity contribution in [1.82, 2.24) is 15.4 Å². The Labute approximate surface area is 298 Å². The van der Waals surface area contributed by atoms with Crippen LogP contribution in [-0.2, 0) is 36.8 Å². The summed E-state index contributed by atoms with van der Waals surface area (Å²) in [5.74, 6) is -2.94. The number of aliphatic imine (C=N–C) groups is 1. The summed E-state index contributed by atoms with van der Waals surface area (Å²) in [4.78, 5) is 68.5. The molecule has 7 N–H and O–H groups in total. The van der Waals surface area contributed by atoms with Gasteiger partial charge in [-0.1, -0.05) is 60.7 Å². The highest BCUT2D eigenvalue weighted by Crippen LogP contribution is 2.22. The molecule has 3 aromatic carbocycles. The van der Waals surface area contributed by atoms with Gasteiger partial charge in [0.2, 0.25) is 11.8 Å². The summed E-state index contributed by atoms with van der Waals surface area (Å²) < 4.78 is 17.9. The number of nitrogens with one attached hydrogen (secondary N) is 3. The van der Waals surface area contributed by atoms with Gasteiger partial charge in [0, 0.05) is 17.9 Å². The first-order chi connectivity index (χ1) is 23.1. The van der Waals surface area contributed by atoms with Gasteiger partial charge in [-0.2, -0.15) is 0 Å². The molecular formula is C33H39BrN6O8S. The van der Waals surface area contributed by atoms with Crippen molar-refractivity contribution >= 4 is 64.7 Å². The summed E-state index contributed by atoms with van der Waals surface area (Å²) in [6.45, 7) is 0.196. The maximum absolute atomic E-state index is 13.5. The maximum Gasteiger partial charge on any atom is 0.408 e. The summed E-state index contributed by atoms with van der Waals surface area (Å²) in [6, 6.07) is 20.1. The second kappa shape index (κ2) is 21.1. The third-order valence-corrected chi connectivity index (χ3v) is 7.55. The molecule has 3 amide bonds. The van der Waals surface area contributed by atoms with E-state index in [1.54, 1.807) is 36.4 Å². The van der Waals surface area contributed by atoms with Crippen molar-refractivity contribution in [2.24, 2.45) is 16.5 Å². The number of guanidine groups is 1. The second-order valence-corrected chi connectivity index (χ2v) is 11.2. The van der Waals surface area contributed by atoms with Crippen LogP contribution < -0.4 is 26.8 Å². The molecule has 262 valence electrons. The predicted molar refractivity (Wildman–Crippen MR) is 189 cm³/mol. The lowest BCUT2D eigenvalue weighted by molar-refractivity contribution is -0.132. The van der Waals surface area contributed by atoms with Crippen LogP contribution in [0.1, 0.15) is 44.7 Å². The summed E-state index contributed by atoms with van der Waals surface area (Å²) in [7, 11) is 2.41. The van der Waals surface area contributed by atoms with Gasteiger partial charge in [-0.15, -0.1) is 17.0 Å². The molecule has 0 fully saturated rings. The standard InChI is InChI=1S/C33H38N6O8S.BrH/c1-45-30(42)23-17-24(31(43)46-2)19-25(18-23)48-39-26(14-9-15-36-32(34)35)28(40)38-29(41)27(16-21-10-5-3-6-11-21)37-33(44)47-20-22-12-7-4-8-13-22;/h3-8,10-13,17-19,26-27,39H,9,14-16,20H2,1-2H3,(H,37,44)(H4,34,35,36)(H,38,40,41);1H/t26-,27-;/m0./s1. The van der Waals surface area contributed by atoms with Gasteiger partial charge in [0.1, 0.15) is 12.6 Å². The minimum absolute atomic E-state index is 0. The van der Waals surface area contributed by atoms with Gasteiger partial charge in [0.05, 0.1) is 31.4 Å². The van der Waals surface area contributed by atoms with Crippen molar-refractivity contribution in [2.45, 2.75) is 42.8 Å². The first-order valence-electron chi connectivity index (χ1n) is 14.7. The highest BCUT2D eigenvalue weighted by atomic mass is 79.9. The number of amides is 3. The van der Waals surface area contributed by atoms with Crippen LogP contribution in [0.15, 0.2) is 88.8 Å². The molecule has 0 aliphatic heterocycles. The quantitative estimate of drug-likeness (QED) is 0.0356. The van der Waals surface area contributed by atoms with E-state index >= 15 is 0 Å². The average molecular weight is 760 g/mol. The number of carbonyl (C=O) groups excluding carboxylic acids is 5. The van der Waals surface area contributed by atoms with E-state index in [1.807, 2.05) is 24.3 Å². The highest BCUT2D eigenvalue weighted by molar-refractivity contribution is 8.93. The van der Waals surface area contributed by atoms with Crippen molar-refractivity contribution in [1.29, 1.82) is 0 Å². The van der Waals surface area contributed by atoms with Gasteiger partial charge in [0.15, 0.2) is 5.96 Å². The van der Waals surface area contributed by atoms with E-state index in [0.29, 0.717) is 11.3 Å². The average Bonchev–Trinajstić information content (AvgIpc) is 3.09. The van der Waals surface area contributed by atoms with Crippen LogP contribution in [-0.4, -0.2) is 68.7 Å². The van der Waals surface area contributed by atoms with Crippen LogP contribution in [0.25, 0.3) is 0 Å². The molecule has 0 bridgehead atoms. The van der Waals surface area contributed by atoms with E-state index in [9.17, 15) is 24.0 Å². The lowest BCUT2D eigenvalue weighted by atomic mass is 10.0. The molecule has 0 spiro atoms. The fourth-order valence-corrected chi connectivity index (χ4v) is 5.15. The molecule has 0 radical (unpaired) electrons. The molecule has 0 heterocycles. The Morgan fingerprint density at radius 2 is 1.35 bits per heavy atom. The Morgan fingerprint density at radius 1 is 0.796 bits per heavy atom. The smallest absolute Gasteiger partial charge is 0.408 e. The second-order valence-electron chi connectivity index (χ2n) is 10.3. The molecule has 3 rings (SSSR count). The Morgan fingerprint density at radius 3 is 1.90 bits per heavy atom. The number of esters is 2. The van der Waals surface area contributed by atoms with Crippen LogP contribution in [0.2, 0.25) is 0 Å². The van der Waals surface area contributed by atoms with E-state index in [0.717, 1.165) is 23.1 Å². The molecule has 3 aromatic rings. The molecule has 0 saturated carbocycles. The minimum Gasteiger partial charge on any atom is -0.465 e. The normalized spacial score (nSPS) is 11.5. The monoisotopic (exact) mass is 758 g/mol. The number of methoxy groups -OCH3 is 2. The van der Waals surface area contributed by atoms with E-state index in [-0.39, 0.29) is 60.1 Å². The van der Waals surface area contributed by atoms with Crippen LogP contribution in [0.4, 0.5) is 4.79 Å². The van der Waals surface area contributed by atoms with Gasteiger partial charge < -0.3 is 31.0 Å². The number of nitrogens with two attached hydrogens (primary N) is 2. The Bertz CT molecular complexity index is 1560. The SMILES string of the molecule is Br.COC(=O)c1cc(SN[C@@H](CCCN=C(N)N)C(=O)NC(=O)[C@H](Cc2ccccc2)NC(=O)OCc2ccccc2)cc(C(=O)OC)c1. The first kappa shape index (κ1) is 40.2. The number of hydrogen-bond acceptors (Lipinski definition) is 11. The fraction of sp³-hybridized carbons (Fsp3) is 0.273. The number of nitrogens with zero attached hydrogens (tertiary/aromatic N) is 1. The number of imide groups is 1.